The van der Waals surface area contributed by atoms with Gasteiger partial charge in [0.15, 0.2) is 0 Å². The minimum atomic E-state index is -0.199. The third-order valence-corrected chi connectivity index (χ3v) is 1.04. The number of rotatable bonds is 2. The fourth-order valence-corrected chi connectivity index (χ4v) is 0.638. The average molecular weight is 135 g/mol. The summed E-state index contributed by atoms with van der Waals surface area (Å²) in [5.41, 5.74) is 0.564. The molecule has 0 unspecified atom stereocenters. The van der Waals surface area contributed by atoms with Crippen molar-refractivity contribution in [2.45, 2.75) is 6.42 Å². The number of hydrogen-bond acceptors (Lipinski definition) is 2. The van der Waals surface area contributed by atoms with Gasteiger partial charge < -0.3 is 0 Å². The molecule has 0 aliphatic heterocycles. The molecule has 10 heavy (non-hydrogen) atoms. The second kappa shape index (κ2) is 2.96. The Hall–Kier alpha value is -1.38. The molecule has 51 valence electrons. The summed E-state index contributed by atoms with van der Waals surface area (Å²) < 4.78 is 0. The van der Waals surface area contributed by atoms with Crippen molar-refractivity contribution in [3.63, 3.8) is 0 Å². The molecular formula is C7H7N2O. The molecule has 0 spiro atoms. The smallest absolute Gasteiger partial charge is 0.264 e. The van der Waals surface area contributed by atoms with Gasteiger partial charge in [0.05, 0.1) is 0 Å². The topological polar surface area (TPSA) is 45.8 Å². The van der Waals surface area contributed by atoms with Gasteiger partial charge in [-0.3, -0.25) is 4.79 Å². The van der Waals surface area contributed by atoms with E-state index >= 15 is 0 Å². The van der Waals surface area contributed by atoms with Crippen molar-refractivity contribution >= 4 is 0 Å². The van der Waals surface area contributed by atoms with Crippen molar-refractivity contribution in [1.29, 1.82) is 0 Å². The molecule has 0 amide bonds. The lowest BCUT2D eigenvalue weighted by atomic mass is 10.2. The van der Waals surface area contributed by atoms with E-state index in [0.29, 0.717) is 6.42 Å². The van der Waals surface area contributed by atoms with Gasteiger partial charge in [-0.25, -0.2) is 5.10 Å². The van der Waals surface area contributed by atoms with Crippen LogP contribution in [0.5, 0.6) is 0 Å². The van der Waals surface area contributed by atoms with E-state index in [-0.39, 0.29) is 5.56 Å². The second-order valence-corrected chi connectivity index (χ2v) is 1.86. The molecule has 1 aromatic heterocycles. The molecule has 1 heterocycles. The highest BCUT2D eigenvalue weighted by molar-refractivity contribution is 5.07. The third kappa shape index (κ3) is 1.55. The summed E-state index contributed by atoms with van der Waals surface area (Å²) in [6.07, 6.45) is 4.97. The van der Waals surface area contributed by atoms with Crippen LogP contribution >= 0.6 is 0 Å². The maximum absolute atomic E-state index is 10.6. The van der Waals surface area contributed by atoms with Crippen molar-refractivity contribution in [3.05, 3.63) is 40.8 Å². The van der Waals surface area contributed by atoms with Crippen LogP contribution in [0.3, 0.4) is 0 Å². The molecule has 1 radical (unpaired) electrons. The Labute approximate surface area is 58.4 Å². The zero-order chi connectivity index (χ0) is 7.40. The van der Waals surface area contributed by atoms with E-state index in [1.54, 1.807) is 6.08 Å². The molecule has 0 saturated carbocycles. The van der Waals surface area contributed by atoms with Gasteiger partial charge in [0.1, 0.15) is 6.20 Å². The molecule has 1 N–H and O–H groups in total. The number of nitrogens with zero attached hydrogens (tertiary/aromatic N) is 1. The summed E-state index contributed by atoms with van der Waals surface area (Å²) in [5.74, 6) is 0. The molecule has 0 aromatic carbocycles. The first-order chi connectivity index (χ1) is 4.83. The lowest BCUT2D eigenvalue weighted by Crippen LogP contribution is -2.07. The van der Waals surface area contributed by atoms with E-state index < -0.39 is 0 Å². The number of hydrogen-bond donors (Lipinski definition) is 1. The fraction of sp³-hybridized carbons (Fsp3) is 0.143. The third-order valence-electron chi connectivity index (χ3n) is 1.04. The van der Waals surface area contributed by atoms with Crippen LogP contribution in [0.25, 0.3) is 0 Å². The van der Waals surface area contributed by atoms with Crippen molar-refractivity contribution in [1.82, 2.24) is 10.2 Å². The van der Waals surface area contributed by atoms with Crippen molar-refractivity contribution < 1.29 is 0 Å². The Bertz CT molecular complexity index is 277. The Kier molecular flexibility index (Phi) is 1.99. The van der Waals surface area contributed by atoms with Gasteiger partial charge in [-0.2, -0.15) is 5.10 Å². The maximum Gasteiger partial charge on any atom is 0.264 e. The maximum atomic E-state index is 10.6. The lowest BCUT2D eigenvalue weighted by Gasteiger charge is -1.89. The average Bonchev–Trinajstić information content (AvgIpc) is 1.88. The largest absolute Gasteiger partial charge is 0.268 e. The minimum Gasteiger partial charge on any atom is -0.268 e. The van der Waals surface area contributed by atoms with Gasteiger partial charge in [-0.05, 0) is 12.0 Å². The predicted octanol–water partition coefficient (Wildman–Crippen LogP) is 0.299. The van der Waals surface area contributed by atoms with Crippen LogP contribution in [-0.2, 0) is 6.42 Å². The predicted molar refractivity (Wildman–Crippen MR) is 37.6 cm³/mol. The first kappa shape index (κ1) is 6.74. The summed E-state index contributed by atoms with van der Waals surface area (Å²) in [7, 11) is 0. The Morgan fingerprint density at radius 2 is 2.70 bits per heavy atom. The zero-order valence-corrected chi connectivity index (χ0v) is 5.42. The number of nitrogens with one attached hydrogen (secondary N) is 1. The van der Waals surface area contributed by atoms with Gasteiger partial charge in [0.2, 0.25) is 0 Å². The van der Waals surface area contributed by atoms with Crippen LogP contribution in [0.15, 0.2) is 23.5 Å². The van der Waals surface area contributed by atoms with Gasteiger partial charge in [-0.1, -0.05) is 6.08 Å². The minimum absolute atomic E-state index is 0.199. The number of H-pyrrole nitrogens is 1. The first-order valence-corrected chi connectivity index (χ1v) is 2.90. The number of aromatic amines is 1. The van der Waals surface area contributed by atoms with Crippen molar-refractivity contribution in [2.24, 2.45) is 0 Å². The summed E-state index contributed by atoms with van der Waals surface area (Å²) in [6.45, 7) is 3.53. The number of aromatic nitrogens is 2. The van der Waals surface area contributed by atoms with E-state index in [1.807, 2.05) is 0 Å². The van der Waals surface area contributed by atoms with Crippen LogP contribution in [0.2, 0.25) is 0 Å². The van der Waals surface area contributed by atoms with E-state index in [2.05, 4.69) is 23.0 Å². The molecule has 0 atom stereocenters. The highest BCUT2D eigenvalue weighted by atomic mass is 16.1. The molecule has 0 aliphatic carbocycles. The van der Waals surface area contributed by atoms with Gasteiger partial charge in [0, 0.05) is 6.07 Å². The lowest BCUT2D eigenvalue weighted by molar-refractivity contribution is 0.954. The van der Waals surface area contributed by atoms with Gasteiger partial charge in [0.25, 0.3) is 5.56 Å². The summed E-state index contributed by atoms with van der Waals surface area (Å²) in [5, 5.41) is 5.73. The van der Waals surface area contributed by atoms with E-state index in [0.717, 1.165) is 5.56 Å². The summed E-state index contributed by atoms with van der Waals surface area (Å²) in [6, 6.07) is 1.45. The standard InChI is InChI=1S/C7H7N2O/c1-2-3-6-4-7(10)9-8-5-6/h2,4H,1,3H2,(H,9,10). The molecule has 3 nitrogen and oxygen atoms in total. The molecule has 0 bridgehead atoms. The summed E-state index contributed by atoms with van der Waals surface area (Å²) >= 11 is 0. The van der Waals surface area contributed by atoms with Crippen LogP contribution in [-0.4, -0.2) is 10.2 Å². The van der Waals surface area contributed by atoms with Crippen LogP contribution in [0.4, 0.5) is 0 Å². The van der Waals surface area contributed by atoms with Gasteiger partial charge >= 0.3 is 0 Å². The summed E-state index contributed by atoms with van der Waals surface area (Å²) in [4.78, 5) is 10.6. The molecule has 0 saturated heterocycles. The van der Waals surface area contributed by atoms with Crippen LogP contribution in [0, 0.1) is 6.20 Å². The molecule has 1 rings (SSSR count). The highest BCUT2D eigenvalue weighted by Crippen LogP contribution is 1.90. The first-order valence-electron chi connectivity index (χ1n) is 2.90. The molecule has 3 heteroatoms. The van der Waals surface area contributed by atoms with Crippen LogP contribution < -0.4 is 5.56 Å². The quantitative estimate of drug-likeness (QED) is 0.593. The Balaban J connectivity index is 2.95. The molecule has 0 aliphatic rings. The van der Waals surface area contributed by atoms with Gasteiger partial charge in [-0.15, -0.1) is 6.58 Å². The SMILES string of the molecule is C=CCc1[c]n[nH]c(=O)c1. The monoisotopic (exact) mass is 135 g/mol. The van der Waals surface area contributed by atoms with Crippen molar-refractivity contribution in [2.75, 3.05) is 0 Å². The van der Waals surface area contributed by atoms with E-state index in [1.165, 1.54) is 6.07 Å². The fourth-order valence-electron chi connectivity index (χ4n) is 0.638. The normalized spacial score (nSPS) is 9.20. The molecule has 0 fully saturated rings. The highest BCUT2D eigenvalue weighted by Gasteiger charge is 1.89. The molecule has 1 aromatic rings. The van der Waals surface area contributed by atoms with Crippen molar-refractivity contribution in [3.8, 4) is 0 Å². The second-order valence-electron chi connectivity index (χ2n) is 1.86. The zero-order valence-electron chi connectivity index (χ0n) is 5.42. The number of allylic oxidation sites excluding steroid dienone is 1. The van der Waals surface area contributed by atoms with Crippen LogP contribution in [0.1, 0.15) is 5.56 Å². The Morgan fingerprint density at radius 1 is 1.90 bits per heavy atom. The molecular weight excluding hydrogens is 128 g/mol. The van der Waals surface area contributed by atoms with E-state index in [4.69, 9.17) is 0 Å². The van der Waals surface area contributed by atoms with E-state index in [9.17, 15) is 4.79 Å². The Morgan fingerprint density at radius 3 is 3.30 bits per heavy atom.